The third-order valence-electron chi connectivity index (χ3n) is 8.06. The zero-order valence-electron chi connectivity index (χ0n) is 57.0. The van der Waals surface area contributed by atoms with Crippen molar-refractivity contribution in [2.45, 2.75) is 0 Å². The Hall–Kier alpha value is -6.50. The molecule has 10 rings (SSSR count). The van der Waals surface area contributed by atoms with Crippen LogP contribution in [0, 0.1) is 0 Å². The second-order valence-corrected chi connectivity index (χ2v) is 10.8. The molecular weight excluding hydrogens is 601 g/mol. The minimum atomic E-state index is -1.21. The summed E-state index contributed by atoms with van der Waals surface area (Å²) in [6.07, 6.45) is 0. The van der Waals surface area contributed by atoms with Crippen molar-refractivity contribution in [3.8, 4) is 44.5 Å². The van der Waals surface area contributed by atoms with E-state index in [9.17, 15) is 17.8 Å². The summed E-state index contributed by atoms with van der Waals surface area (Å²) >= 11 is 0. The van der Waals surface area contributed by atoms with Crippen molar-refractivity contribution in [1.82, 2.24) is 0 Å². The quantitative estimate of drug-likeness (QED) is 0.164. The average Bonchev–Trinajstić information content (AvgIpc) is 1.56. The van der Waals surface area contributed by atoms with Crippen molar-refractivity contribution in [2.24, 2.45) is 0 Å². The van der Waals surface area contributed by atoms with Crippen LogP contribution >= 0.6 is 0 Å². The first-order chi connectivity index (χ1) is 38.1. The highest BCUT2D eigenvalue weighted by atomic mass is 14.2. The molecule has 0 nitrogen and oxygen atoms in total. The fourth-order valence-corrected chi connectivity index (χ4v) is 5.94. The molecule has 50 heavy (non-hydrogen) atoms. The highest BCUT2D eigenvalue weighted by Crippen LogP contribution is 2.47. The van der Waals surface area contributed by atoms with Crippen LogP contribution in [0.2, 0.25) is 0 Å². The van der Waals surface area contributed by atoms with Gasteiger partial charge in [0.05, 0.1) is 43.9 Å². The monoisotopic (exact) mass is 664 g/mol. The summed E-state index contributed by atoms with van der Waals surface area (Å²) in [4.78, 5) is 0. The highest BCUT2D eigenvalue weighted by Gasteiger charge is 2.19. The van der Waals surface area contributed by atoms with Crippen LogP contribution in [-0.4, -0.2) is 0 Å². The lowest BCUT2D eigenvalue weighted by Crippen LogP contribution is -1.93. The van der Waals surface area contributed by atoms with E-state index >= 15 is 0 Å². The van der Waals surface area contributed by atoms with E-state index < -0.39 is 292 Å². The molecule has 0 radical (unpaired) electrons. The normalized spacial score (nSPS) is 20.6. The Balaban J connectivity index is 1.62. The van der Waals surface area contributed by atoms with Gasteiger partial charge < -0.3 is 0 Å². The second kappa shape index (κ2) is 11.6. The van der Waals surface area contributed by atoms with Gasteiger partial charge in [-0.25, -0.2) is 0 Å². The molecule has 0 bridgehead atoms. The van der Waals surface area contributed by atoms with Crippen LogP contribution in [0.3, 0.4) is 0 Å². The molecular formula is C50H32. The minimum absolute atomic E-state index is 0.689. The van der Waals surface area contributed by atoms with Crippen LogP contribution in [0.4, 0.5) is 0 Å². The Kier molecular flexibility index (Phi) is 2.55. The molecule has 10 aromatic rings. The van der Waals surface area contributed by atoms with Gasteiger partial charge in [-0.1, -0.05) is 181 Å². The lowest BCUT2D eigenvalue weighted by atomic mass is 9.83. The van der Waals surface area contributed by atoms with Crippen LogP contribution < -0.4 is 0 Å². The Morgan fingerprint density at radius 1 is 0.240 bits per heavy atom. The van der Waals surface area contributed by atoms with Gasteiger partial charge in [-0.05, 0) is 110 Å². The number of fused-ring (bicyclic) bond motifs is 5. The summed E-state index contributed by atoms with van der Waals surface area (Å²) in [5.41, 5.74) is -7.41. The number of benzene rings is 10. The van der Waals surface area contributed by atoms with E-state index in [-0.39, 0.29) is 0 Å². The zero-order chi connectivity index (χ0) is 60.9. The van der Waals surface area contributed by atoms with E-state index in [1.54, 1.807) is 0 Å². The smallest absolute Gasteiger partial charge is 0.0616 e. The first kappa shape index (κ1) is 11.0. The third kappa shape index (κ3) is 4.54. The number of rotatable bonds is 4. The molecule has 10 aromatic carbocycles. The molecule has 0 unspecified atom stereocenters. The van der Waals surface area contributed by atoms with Gasteiger partial charge in [0.2, 0.25) is 0 Å². The van der Waals surface area contributed by atoms with Crippen LogP contribution in [0.15, 0.2) is 193 Å². The topological polar surface area (TPSA) is 0 Å². The summed E-state index contributed by atoms with van der Waals surface area (Å²) in [6, 6.07) is -33.3. The lowest BCUT2D eigenvalue weighted by Gasteiger charge is -2.20. The Bertz CT molecular complexity index is 4730. The molecule has 0 heteroatoms. The predicted octanol–water partition coefficient (Wildman–Crippen LogP) is 14.1. The summed E-state index contributed by atoms with van der Waals surface area (Å²) < 4.78 is 292. The zero-order valence-corrected chi connectivity index (χ0v) is 25.0. The molecule has 0 N–H and O–H groups in total. The lowest BCUT2D eigenvalue weighted by molar-refractivity contribution is 1.63. The van der Waals surface area contributed by atoms with Crippen molar-refractivity contribution >= 4 is 53.9 Å². The van der Waals surface area contributed by atoms with Gasteiger partial charge in [0, 0.05) is 0 Å². The van der Waals surface area contributed by atoms with Crippen molar-refractivity contribution in [3.63, 3.8) is 0 Å². The van der Waals surface area contributed by atoms with Crippen molar-refractivity contribution < 1.29 is 43.9 Å². The first-order valence-electron chi connectivity index (χ1n) is 30.8. The van der Waals surface area contributed by atoms with Gasteiger partial charge in [0.1, 0.15) is 0 Å². The standard InChI is InChI=1S/C50H32/c1-4-21-39-33(13-1)16-10-26-42(39)36-19-9-20-38(31-36)49-45-24-7-8-25-46(45)50(44-28-12-18-35-15-3-6-23-41(35)44)47-30-29-37(32-48(47)49)43-27-11-17-34-14-2-5-22-40(34)43/h1-32H/i1D,2D,3D,4D,5D,6D,7D,8D,9D,10D,11D,12D,13D,14D,15D,16D,17D,18D,19D,20D,21D,22D,23D,24D,25D,26D,27D,28D,29D,30D,31D,32D. The Morgan fingerprint density at radius 2 is 0.640 bits per heavy atom. The SMILES string of the molecule is [2H]c1c([2H])c(-c2c([2H])c([2H])c([2H])c3c([2H])c([2H])c([2H])c([2H])c23)c([2H])c(-c2c3c([2H])c([2H])c([2H])c([2H])c3c(-c3c([2H])c([2H])c([2H])c4c([2H])c([2H])c([2H])c([2H])c34)c3c([2H])c([2H])c(-c4c([2H])c([2H])c([2H])c5c([2H])c([2H])c([2H])c([2H])c45)c([2H])c23)c1[2H]. The van der Waals surface area contributed by atoms with Crippen molar-refractivity contribution in [1.29, 1.82) is 0 Å². The summed E-state index contributed by atoms with van der Waals surface area (Å²) in [5.74, 6) is 0. The molecule has 0 spiro atoms. The molecule has 0 amide bonds. The van der Waals surface area contributed by atoms with E-state index in [1.807, 2.05) is 0 Å². The molecule has 0 aliphatic heterocycles. The second-order valence-electron chi connectivity index (χ2n) is 10.8. The van der Waals surface area contributed by atoms with Gasteiger partial charge in [0.15, 0.2) is 0 Å². The fourth-order valence-electron chi connectivity index (χ4n) is 5.94. The van der Waals surface area contributed by atoms with Crippen LogP contribution in [0.25, 0.3) is 98.4 Å². The highest BCUT2D eigenvalue weighted by molar-refractivity contribution is 6.24. The van der Waals surface area contributed by atoms with E-state index in [0.717, 1.165) is 0 Å². The Labute approximate surface area is 336 Å². The maximum absolute atomic E-state index is 10.4. The van der Waals surface area contributed by atoms with Gasteiger partial charge in [0.25, 0.3) is 0 Å². The van der Waals surface area contributed by atoms with E-state index in [1.165, 1.54) is 0 Å². The maximum atomic E-state index is 10.4. The third-order valence-corrected chi connectivity index (χ3v) is 8.06. The van der Waals surface area contributed by atoms with Gasteiger partial charge in [-0.15, -0.1) is 0 Å². The van der Waals surface area contributed by atoms with Crippen LogP contribution in [0.1, 0.15) is 43.9 Å². The molecule has 0 saturated carbocycles. The van der Waals surface area contributed by atoms with Gasteiger partial charge in [-0.3, -0.25) is 0 Å². The Morgan fingerprint density at radius 3 is 1.24 bits per heavy atom. The summed E-state index contributed by atoms with van der Waals surface area (Å²) in [6.45, 7) is 0. The number of hydrogen-bond acceptors (Lipinski definition) is 0. The van der Waals surface area contributed by atoms with Gasteiger partial charge in [-0.2, -0.15) is 0 Å². The molecule has 0 fully saturated rings. The first-order valence-corrected chi connectivity index (χ1v) is 14.8. The summed E-state index contributed by atoms with van der Waals surface area (Å²) in [7, 11) is 0. The maximum Gasteiger partial charge on any atom is 0.0636 e. The van der Waals surface area contributed by atoms with Crippen molar-refractivity contribution in [2.75, 3.05) is 0 Å². The molecule has 0 saturated heterocycles. The predicted molar refractivity (Wildman–Crippen MR) is 216 cm³/mol. The van der Waals surface area contributed by atoms with Crippen molar-refractivity contribution in [3.05, 3.63) is 193 Å². The molecule has 0 atom stereocenters. The van der Waals surface area contributed by atoms with Crippen LogP contribution in [-0.2, 0) is 0 Å². The molecule has 0 aliphatic rings. The molecule has 232 valence electrons. The van der Waals surface area contributed by atoms with Gasteiger partial charge >= 0.3 is 0 Å². The van der Waals surface area contributed by atoms with E-state index in [4.69, 9.17) is 26.0 Å². The molecule has 0 heterocycles. The fraction of sp³-hybridized carbons (Fsp3) is 0. The van der Waals surface area contributed by atoms with E-state index in [2.05, 4.69) is 0 Å². The average molecular weight is 665 g/mol. The largest absolute Gasteiger partial charge is 0.0636 e. The summed E-state index contributed by atoms with van der Waals surface area (Å²) in [5, 5.41) is -8.07. The molecule has 0 aromatic heterocycles. The number of hydrogen-bond donors (Lipinski definition) is 0. The van der Waals surface area contributed by atoms with Crippen LogP contribution in [0.5, 0.6) is 0 Å². The minimum Gasteiger partial charge on any atom is -0.0616 e. The molecule has 0 aliphatic carbocycles. The van der Waals surface area contributed by atoms with E-state index in [0.29, 0.717) is 0 Å².